The molecule has 0 fully saturated rings. The minimum Gasteiger partial charge on any atom is -0.381 e. The SMILES string of the molecule is Cc1ccc(CNc2cc(S(C)(=O)=O)ccc2C)cc1. The van der Waals surface area contributed by atoms with Gasteiger partial charge in [-0.3, -0.25) is 0 Å². The Kier molecular flexibility index (Phi) is 4.14. The first-order valence-electron chi connectivity index (χ1n) is 6.46. The minimum absolute atomic E-state index is 0.342. The summed E-state index contributed by atoms with van der Waals surface area (Å²) in [7, 11) is -3.17. The molecule has 3 nitrogen and oxygen atoms in total. The van der Waals surface area contributed by atoms with Crippen LogP contribution >= 0.6 is 0 Å². The van der Waals surface area contributed by atoms with Crippen LogP contribution in [0.25, 0.3) is 0 Å². The summed E-state index contributed by atoms with van der Waals surface area (Å²) in [6.07, 6.45) is 1.22. The molecule has 0 heterocycles. The lowest BCUT2D eigenvalue weighted by Crippen LogP contribution is -2.04. The quantitative estimate of drug-likeness (QED) is 0.939. The summed E-state index contributed by atoms with van der Waals surface area (Å²) in [6.45, 7) is 4.69. The van der Waals surface area contributed by atoms with Crippen molar-refractivity contribution >= 4 is 15.5 Å². The van der Waals surface area contributed by atoms with Gasteiger partial charge in [-0.25, -0.2) is 8.42 Å². The number of anilines is 1. The topological polar surface area (TPSA) is 46.2 Å². The lowest BCUT2D eigenvalue weighted by atomic mass is 10.1. The van der Waals surface area contributed by atoms with Gasteiger partial charge in [0.15, 0.2) is 9.84 Å². The third-order valence-electron chi connectivity index (χ3n) is 3.24. The van der Waals surface area contributed by atoms with Crippen LogP contribution in [0.2, 0.25) is 0 Å². The predicted octanol–water partition coefficient (Wildman–Crippen LogP) is 3.32. The van der Waals surface area contributed by atoms with E-state index < -0.39 is 9.84 Å². The van der Waals surface area contributed by atoms with Crippen molar-refractivity contribution in [3.8, 4) is 0 Å². The second-order valence-electron chi connectivity index (χ2n) is 5.09. The van der Waals surface area contributed by atoms with Gasteiger partial charge in [0.05, 0.1) is 4.90 Å². The average molecular weight is 289 g/mol. The second kappa shape index (κ2) is 5.67. The first-order valence-corrected chi connectivity index (χ1v) is 8.35. The van der Waals surface area contributed by atoms with Gasteiger partial charge in [0.25, 0.3) is 0 Å². The first kappa shape index (κ1) is 14.6. The van der Waals surface area contributed by atoms with E-state index in [1.54, 1.807) is 12.1 Å². The van der Waals surface area contributed by atoms with E-state index in [1.165, 1.54) is 17.4 Å². The summed E-state index contributed by atoms with van der Waals surface area (Å²) >= 11 is 0. The molecule has 106 valence electrons. The van der Waals surface area contributed by atoms with Crippen LogP contribution in [-0.4, -0.2) is 14.7 Å². The minimum atomic E-state index is -3.17. The Morgan fingerprint density at radius 3 is 2.25 bits per heavy atom. The zero-order valence-electron chi connectivity index (χ0n) is 12.0. The highest BCUT2D eigenvalue weighted by Crippen LogP contribution is 2.21. The van der Waals surface area contributed by atoms with Crippen LogP contribution in [0.4, 0.5) is 5.69 Å². The van der Waals surface area contributed by atoms with Crippen molar-refractivity contribution < 1.29 is 8.42 Å². The third-order valence-corrected chi connectivity index (χ3v) is 4.35. The van der Waals surface area contributed by atoms with Crippen molar-refractivity contribution in [1.82, 2.24) is 0 Å². The van der Waals surface area contributed by atoms with Crippen LogP contribution in [-0.2, 0) is 16.4 Å². The number of hydrogen-bond donors (Lipinski definition) is 1. The molecule has 0 saturated carbocycles. The highest BCUT2D eigenvalue weighted by molar-refractivity contribution is 7.90. The van der Waals surface area contributed by atoms with Gasteiger partial charge in [0, 0.05) is 18.5 Å². The van der Waals surface area contributed by atoms with Gasteiger partial charge in [-0.1, -0.05) is 35.9 Å². The maximum Gasteiger partial charge on any atom is 0.175 e. The molecule has 2 aromatic rings. The summed E-state index contributed by atoms with van der Waals surface area (Å²) in [5.41, 5.74) is 4.28. The van der Waals surface area contributed by atoms with Crippen LogP contribution in [0.5, 0.6) is 0 Å². The molecule has 0 atom stereocenters. The summed E-state index contributed by atoms with van der Waals surface area (Å²) < 4.78 is 23.2. The maximum absolute atomic E-state index is 11.6. The molecule has 0 unspecified atom stereocenters. The monoisotopic (exact) mass is 289 g/mol. The van der Waals surface area contributed by atoms with Crippen LogP contribution in [0.15, 0.2) is 47.4 Å². The van der Waals surface area contributed by atoms with E-state index in [4.69, 9.17) is 0 Å². The summed E-state index contributed by atoms with van der Waals surface area (Å²) in [4.78, 5) is 0.342. The van der Waals surface area contributed by atoms with Gasteiger partial charge in [0.1, 0.15) is 0 Å². The van der Waals surface area contributed by atoms with Crippen molar-refractivity contribution in [2.75, 3.05) is 11.6 Å². The number of aryl methyl sites for hydroxylation is 2. The predicted molar refractivity (Wildman–Crippen MR) is 82.8 cm³/mol. The highest BCUT2D eigenvalue weighted by atomic mass is 32.2. The normalized spacial score (nSPS) is 11.3. The number of sulfone groups is 1. The van der Waals surface area contributed by atoms with Gasteiger partial charge in [0.2, 0.25) is 0 Å². The molecule has 0 saturated heterocycles. The molecule has 2 rings (SSSR count). The standard InChI is InChI=1S/C16H19NO2S/c1-12-4-7-14(8-5-12)11-17-16-10-15(20(3,18)19)9-6-13(16)2/h4-10,17H,11H2,1-3H3. The van der Waals surface area contributed by atoms with Crippen molar-refractivity contribution in [3.63, 3.8) is 0 Å². The molecular weight excluding hydrogens is 270 g/mol. The van der Waals surface area contributed by atoms with Crippen LogP contribution in [0.1, 0.15) is 16.7 Å². The van der Waals surface area contributed by atoms with Crippen molar-refractivity contribution in [2.24, 2.45) is 0 Å². The molecule has 4 heteroatoms. The zero-order chi connectivity index (χ0) is 14.8. The smallest absolute Gasteiger partial charge is 0.175 e. The number of hydrogen-bond acceptors (Lipinski definition) is 3. The molecule has 0 spiro atoms. The Morgan fingerprint density at radius 1 is 1.00 bits per heavy atom. The molecule has 1 N–H and O–H groups in total. The van der Waals surface area contributed by atoms with E-state index in [0.29, 0.717) is 11.4 Å². The Bertz CT molecular complexity index is 704. The van der Waals surface area contributed by atoms with Crippen LogP contribution in [0.3, 0.4) is 0 Å². The Labute approximate surface area is 120 Å². The fourth-order valence-corrected chi connectivity index (χ4v) is 2.57. The van der Waals surface area contributed by atoms with E-state index >= 15 is 0 Å². The fourth-order valence-electron chi connectivity index (χ4n) is 1.93. The van der Waals surface area contributed by atoms with E-state index in [0.717, 1.165) is 11.3 Å². The van der Waals surface area contributed by atoms with E-state index in [1.807, 2.05) is 13.0 Å². The summed E-state index contributed by atoms with van der Waals surface area (Å²) in [5, 5.41) is 3.30. The third kappa shape index (κ3) is 3.61. The Balaban J connectivity index is 2.19. The van der Waals surface area contributed by atoms with Crippen LogP contribution < -0.4 is 5.32 Å². The summed E-state index contributed by atoms with van der Waals surface area (Å²) in [6, 6.07) is 13.4. The largest absolute Gasteiger partial charge is 0.381 e. The molecule has 0 aliphatic carbocycles. The molecule has 0 bridgehead atoms. The Morgan fingerprint density at radius 2 is 1.65 bits per heavy atom. The van der Waals surface area contributed by atoms with E-state index in [9.17, 15) is 8.42 Å². The van der Waals surface area contributed by atoms with Crippen LogP contribution in [0, 0.1) is 13.8 Å². The average Bonchev–Trinajstić information content (AvgIpc) is 2.38. The van der Waals surface area contributed by atoms with Crippen molar-refractivity contribution in [1.29, 1.82) is 0 Å². The second-order valence-corrected chi connectivity index (χ2v) is 7.10. The molecular formula is C16H19NO2S. The van der Waals surface area contributed by atoms with E-state index in [2.05, 4.69) is 36.5 Å². The van der Waals surface area contributed by atoms with Crippen molar-refractivity contribution in [2.45, 2.75) is 25.3 Å². The van der Waals surface area contributed by atoms with Gasteiger partial charge in [-0.15, -0.1) is 0 Å². The van der Waals surface area contributed by atoms with Gasteiger partial charge in [-0.2, -0.15) is 0 Å². The molecule has 0 radical (unpaired) electrons. The van der Waals surface area contributed by atoms with Gasteiger partial charge >= 0.3 is 0 Å². The zero-order valence-corrected chi connectivity index (χ0v) is 12.8. The lowest BCUT2D eigenvalue weighted by Gasteiger charge is -2.11. The van der Waals surface area contributed by atoms with Gasteiger partial charge < -0.3 is 5.32 Å². The summed E-state index contributed by atoms with van der Waals surface area (Å²) in [5.74, 6) is 0. The Hall–Kier alpha value is -1.81. The molecule has 2 aromatic carbocycles. The fraction of sp³-hybridized carbons (Fsp3) is 0.250. The lowest BCUT2D eigenvalue weighted by molar-refractivity contribution is 0.602. The molecule has 0 aromatic heterocycles. The molecule has 20 heavy (non-hydrogen) atoms. The highest BCUT2D eigenvalue weighted by Gasteiger charge is 2.09. The van der Waals surface area contributed by atoms with Gasteiger partial charge in [-0.05, 0) is 37.1 Å². The molecule has 0 amide bonds. The first-order chi connectivity index (χ1) is 9.36. The number of benzene rings is 2. The van der Waals surface area contributed by atoms with E-state index in [-0.39, 0.29) is 0 Å². The van der Waals surface area contributed by atoms with Crippen molar-refractivity contribution in [3.05, 3.63) is 59.2 Å². The number of nitrogens with one attached hydrogen (secondary N) is 1. The molecule has 0 aliphatic rings. The maximum atomic E-state index is 11.6. The number of rotatable bonds is 4. The molecule has 0 aliphatic heterocycles.